The molecule has 152 valence electrons. The first-order valence-corrected chi connectivity index (χ1v) is 12.0. The maximum Gasteiger partial charge on any atom is 0.211 e. The average molecular weight is 401 g/mol. The summed E-state index contributed by atoms with van der Waals surface area (Å²) in [5.74, 6) is 0.579. The number of hydrogen-bond acceptors (Lipinski definition) is 3. The smallest absolute Gasteiger partial charge is 0.211 e. The molecule has 0 saturated heterocycles. The molecule has 0 radical (unpaired) electrons. The summed E-state index contributed by atoms with van der Waals surface area (Å²) in [6, 6.07) is 17.6. The third-order valence-electron chi connectivity index (χ3n) is 5.55. The van der Waals surface area contributed by atoms with Crippen molar-refractivity contribution in [2.75, 3.05) is 12.3 Å². The van der Waals surface area contributed by atoms with Gasteiger partial charge in [0.25, 0.3) is 0 Å². The zero-order valence-electron chi connectivity index (χ0n) is 16.9. The molecule has 0 bridgehead atoms. The number of aryl methyl sites for hydroxylation is 1. The van der Waals surface area contributed by atoms with Gasteiger partial charge in [-0.05, 0) is 54.5 Å². The second kappa shape index (κ2) is 9.68. The molecule has 5 heteroatoms. The first kappa shape index (κ1) is 21.0. The number of sulfonamides is 1. The van der Waals surface area contributed by atoms with Gasteiger partial charge in [-0.15, -0.1) is 0 Å². The molecule has 1 aliphatic rings. The van der Waals surface area contributed by atoms with Crippen LogP contribution in [0.4, 0.5) is 0 Å². The molecule has 4 nitrogen and oxygen atoms in total. The van der Waals surface area contributed by atoms with E-state index in [1.165, 1.54) is 16.7 Å². The number of hydrogen-bond donors (Lipinski definition) is 2. The summed E-state index contributed by atoms with van der Waals surface area (Å²) < 4.78 is 26.8. The lowest BCUT2D eigenvalue weighted by Crippen LogP contribution is -2.39. The van der Waals surface area contributed by atoms with Gasteiger partial charge in [0.05, 0.1) is 5.75 Å². The molecule has 0 fully saturated rings. The fourth-order valence-corrected chi connectivity index (χ4v) is 5.29. The molecular weight excluding hydrogens is 368 g/mol. The van der Waals surface area contributed by atoms with Crippen LogP contribution in [0.15, 0.2) is 48.5 Å². The summed E-state index contributed by atoms with van der Waals surface area (Å²) >= 11 is 0. The maximum atomic E-state index is 12.0. The van der Waals surface area contributed by atoms with Gasteiger partial charge >= 0.3 is 0 Å². The van der Waals surface area contributed by atoms with Crippen LogP contribution in [0.5, 0.6) is 0 Å². The predicted molar refractivity (Wildman–Crippen MR) is 116 cm³/mol. The highest BCUT2D eigenvalue weighted by atomic mass is 32.2. The van der Waals surface area contributed by atoms with Crippen LogP contribution < -0.4 is 10.0 Å². The lowest BCUT2D eigenvalue weighted by Gasteiger charge is -2.35. The van der Waals surface area contributed by atoms with Gasteiger partial charge in [0.2, 0.25) is 10.0 Å². The Morgan fingerprint density at radius 3 is 2.54 bits per heavy atom. The Kier molecular flexibility index (Phi) is 7.27. The topological polar surface area (TPSA) is 58.2 Å². The van der Waals surface area contributed by atoms with Gasteiger partial charge in [0.15, 0.2) is 0 Å². The standard InChI is InChI=1S/C23H32N2O2S/c1-3-14-28(26,27)25-17-19-10-11-20-12-13-23(24-4-2)22(21(20)16-19)15-18-8-6-5-7-9-18/h5-11,16,22-25H,3-4,12-15,17H2,1-2H3. The van der Waals surface area contributed by atoms with E-state index in [4.69, 9.17) is 0 Å². The molecule has 0 heterocycles. The summed E-state index contributed by atoms with van der Waals surface area (Å²) in [6.45, 7) is 5.36. The highest BCUT2D eigenvalue weighted by Gasteiger charge is 2.29. The van der Waals surface area contributed by atoms with E-state index in [9.17, 15) is 8.42 Å². The molecule has 0 amide bonds. The Bertz CT molecular complexity index is 865. The molecule has 2 aromatic rings. The van der Waals surface area contributed by atoms with Gasteiger partial charge in [0, 0.05) is 18.5 Å². The maximum absolute atomic E-state index is 12.0. The van der Waals surface area contributed by atoms with E-state index < -0.39 is 10.0 Å². The number of benzene rings is 2. The quantitative estimate of drug-likeness (QED) is 0.674. The van der Waals surface area contributed by atoms with Crippen molar-refractivity contribution in [2.45, 2.75) is 58.0 Å². The second-order valence-corrected chi connectivity index (χ2v) is 9.60. The average Bonchev–Trinajstić information content (AvgIpc) is 2.69. The Labute approximate surface area is 169 Å². The number of likely N-dealkylation sites (N-methyl/N-ethyl adjacent to an activating group) is 1. The van der Waals surface area contributed by atoms with Crippen LogP contribution in [-0.4, -0.2) is 26.8 Å². The third-order valence-corrected chi connectivity index (χ3v) is 7.08. The highest BCUT2D eigenvalue weighted by molar-refractivity contribution is 7.89. The first-order valence-electron chi connectivity index (χ1n) is 10.4. The monoisotopic (exact) mass is 400 g/mol. The molecule has 1 aliphatic carbocycles. The number of rotatable bonds is 9. The largest absolute Gasteiger partial charge is 0.314 e. The van der Waals surface area contributed by atoms with Crippen LogP contribution in [0.2, 0.25) is 0 Å². The van der Waals surface area contributed by atoms with Crippen molar-refractivity contribution < 1.29 is 8.42 Å². The molecule has 0 spiro atoms. The molecule has 2 aromatic carbocycles. The van der Waals surface area contributed by atoms with Crippen molar-refractivity contribution in [1.82, 2.24) is 10.0 Å². The summed E-state index contributed by atoms with van der Waals surface area (Å²) in [7, 11) is -3.19. The zero-order valence-corrected chi connectivity index (χ0v) is 17.8. The van der Waals surface area contributed by atoms with Crippen molar-refractivity contribution in [3.63, 3.8) is 0 Å². The van der Waals surface area contributed by atoms with E-state index in [0.29, 0.717) is 24.9 Å². The van der Waals surface area contributed by atoms with Crippen LogP contribution in [0.1, 0.15) is 54.9 Å². The van der Waals surface area contributed by atoms with E-state index >= 15 is 0 Å². The van der Waals surface area contributed by atoms with Crippen molar-refractivity contribution in [3.8, 4) is 0 Å². The minimum absolute atomic E-state index is 0.178. The van der Waals surface area contributed by atoms with Crippen LogP contribution in [0.3, 0.4) is 0 Å². The van der Waals surface area contributed by atoms with Crippen LogP contribution in [0.25, 0.3) is 0 Å². The predicted octanol–water partition coefficient (Wildman–Crippen LogP) is 3.77. The Morgan fingerprint density at radius 2 is 1.82 bits per heavy atom. The van der Waals surface area contributed by atoms with Crippen molar-refractivity contribution in [2.24, 2.45) is 0 Å². The second-order valence-electron chi connectivity index (χ2n) is 7.67. The molecule has 2 atom stereocenters. The van der Waals surface area contributed by atoms with Gasteiger partial charge in [-0.3, -0.25) is 0 Å². The van der Waals surface area contributed by atoms with Gasteiger partial charge in [-0.25, -0.2) is 13.1 Å². The SMILES string of the molecule is CCCS(=O)(=O)NCc1ccc2c(c1)C(Cc1ccccc1)C(NCC)CC2. The van der Waals surface area contributed by atoms with Crippen molar-refractivity contribution >= 4 is 10.0 Å². The molecular formula is C23H32N2O2S. The molecule has 0 aromatic heterocycles. The van der Waals surface area contributed by atoms with Gasteiger partial charge in [-0.1, -0.05) is 62.4 Å². The molecule has 0 saturated carbocycles. The normalized spacial score (nSPS) is 19.4. The van der Waals surface area contributed by atoms with Crippen LogP contribution in [0, 0.1) is 0 Å². The minimum atomic E-state index is -3.19. The van der Waals surface area contributed by atoms with Crippen LogP contribution in [-0.2, 0) is 29.4 Å². The van der Waals surface area contributed by atoms with Crippen molar-refractivity contribution in [1.29, 1.82) is 0 Å². The molecule has 28 heavy (non-hydrogen) atoms. The molecule has 2 unspecified atom stereocenters. The Morgan fingerprint density at radius 1 is 1.04 bits per heavy atom. The van der Waals surface area contributed by atoms with Crippen LogP contribution >= 0.6 is 0 Å². The summed E-state index contributed by atoms with van der Waals surface area (Å²) in [6.07, 6.45) is 3.83. The van der Waals surface area contributed by atoms with Crippen molar-refractivity contribution in [3.05, 3.63) is 70.8 Å². The fraction of sp³-hybridized carbons (Fsp3) is 0.478. The van der Waals surface area contributed by atoms with E-state index in [1.807, 2.05) is 6.92 Å². The number of fused-ring (bicyclic) bond motifs is 1. The molecule has 2 N–H and O–H groups in total. The summed E-state index contributed by atoms with van der Waals surface area (Å²) in [5, 5.41) is 3.68. The minimum Gasteiger partial charge on any atom is -0.314 e. The Hall–Kier alpha value is -1.69. The molecule has 0 aliphatic heterocycles. The zero-order chi connectivity index (χ0) is 20.0. The third kappa shape index (κ3) is 5.43. The van der Waals surface area contributed by atoms with Gasteiger partial charge < -0.3 is 5.32 Å². The molecule has 3 rings (SSSR count). The van der Waals surface area contributed by atoms with E-state index in [1.54, 1.807) is 0 Å². The lowest BCUT2D eigenvalue weighted by molar-refractivity contribution is 0.392. The van der Waals surface area contributed by atoms with E-state index in [-0.39, 0.29) is 5.75 Å². The van der Waals surface area contributed by atoms with E-state index in [0.717, 1.165) is 31.4 Å². The highest BCUT2D eigenvalue weighted by Crippen LogP contribution is 2.35. The summed E-state index contributed by atoms with van der Waals surface area (Å²) in [5.41, 5.74) is 5.15. The van der Waals surface area contributed by atoms with Gasteiger partial charge in [0.1, 0.15) is 0 Å². The summed E-state index contributed by atoms with van der Waals surface area (Å²) in [4.78, 5) is 0. The van der Waals surface area contributed by atoms with Gasteiger partial charge in [-0.2, -0.15) is 0 Å². The van der Waals surface area contributed by atoms with E-state index in [2.05, 4.69) is 65.5 Å². The fourth-order valence-electron chi connectivity index (χ4n) is 4.22. The Balaban J connectivity index is 1.85. The number of nitrogens with one attached hydrogen (secondary N) is 2. The first-order chi connectivity index (χ1) is 13.5. The lowest BCUT2D eigenvalue weighted by atomic mass is 9.75.